The largest absolute Gasteiger partial charge is 0.228 e. The third-order valence-electron chi connectivity index (χ3n) is 1.97. The Morgan fingerprint density at radius 1 is 1.29 bits per heavy atom. The second kappa shape index (κ2) is 3.74. The molecule has 1 aliphatic heterocycles. The van der Waals surface area contributed by atoms with Gasteiger partial charge >= 0.3 is 0 Å². The Morgan fingerprint density at radius 2 is 2.00 bits per heavy atom. The minimum atomic E-state index is -3.20. The molecule has 0 N–H and O–H groups in total. The maximum Gasteiger partial charge on any atom is 0.192 e. The van der Waals surface area contributed by atoms with Crippen LogP contribution in [0, 0.1) is 0 Å². The Labute approximate surface area is 87.3 Å². The van der Waals surface area contributed by atoms with Crippen molar-refractivity contribution < 1.29 is 8.42 Å². The zero-order chi connectivity index (χ0) is 10.0. The van der Waals surface area contributed by atoms with Crippen LogP contribution in [0.2, 0.25) is 0 Å². The fraction of sp³-hybridized carbons (Fsp3) is 0.222. The van der Waals surface area contributed by atoms with Crippen LogP contribution in [-0.4, -0.2) is 19.2 Å². The summed E-state index contributed by atoms with van der Waals surface area (Å²) < 4.78 is 27.3. The summed E-state index contributed by atoms with van der Waals surface area (Å²) in [6.07, 6.45) is 2.15. The molecule has 0 radical (unpaired) electrons. The molecule has 1 aliphatic rings. The van der Waals surface area contributed by atoms with E-state index in [0.29, 0.717) is 11.3 Å². The molecule has 1 aromatic rings. The summed E-state index contributed by atoms with van der Waals surface area (Å²) in [5, 5.41) is 0. The fourth-order valence-electron chi connectivity index (χ4n) is 1.23. The van der Waals surface area contributed by atoms with Crippen molar-refractivity contribution in [3.8, 4) is 0 Å². The minimum Gasteiger partial charge on any atom is -0.228 e. The van der Waals surface area contributed by atoms with Gasteiger partial charge in [0.25, 0.3) is 0 Å². The van der Waals surface area contributed by atoms with E-state index in [1.54, 1.807) is 36.5 Å². The molecule has 2 rings (SSSR count). The van der Waals surface area contributed by atoms with E-state index in [-0.39, 0.29) is 0 Å². The maximum atomic E-state index is 11.9. The van der Waals surface area contributed by atoms with Crippen LogP contribution in [0.25, 0.3) is 0 Å². The molecule has 0 bridgehead atoms. The van der Waals surface area contributed by atoms with Crippen molar-refractivity contribution in [1.82, 2.24) is 0 Å². The minimum absolute atomic E-state index is 0.378. The van der Waals surface area contributed by atoms with E-state index in [1.807, 2.05) is 0 Å². The highest BCUT2D eigenvalue weighted by atomic mass is 32.3. The van der Waals surface area contributed by atoms with Gasteiger partial charge < -0.3 is 0 Å². The Balaban J connectivity index is 2.34. The molecule has 5 heteroatoms. The summed E-state index contributed by atoms with van der Waals surface area (Å²) in [6, 6.07) is 8.50. The van der Waals surface area contributed by atoms with Crippen molar-refractivity contribution in [1.29, 1.82) is 0 Å². The van der Waals surface area contributed by atoms with Gasteiger partial charge in [-0.25, -0.2) is 12.8 Å². The van der Waals surface area contributed by atoms with Gasteiger partial charge in [0.2, 0.25) is 0 Å². The topological polar surface area (TPSA) is 46.5 Å². The molecule has 1 atom stereocenters. The number of hydrogen-bond acceptors (Lipinski definition) is 4. The van der Waals surface area contributed by atoms with Crippen LogP contribution in [0.4, 0.5) is 0 Å². The van der Waals surface area contributed by atoms with E-state index in [4.69, 9.17) is 0 Å². The average Bonchev–Trinajstić information content (AvgIpc) is 2.72. The first-order valence-corrected chi connectivity index (χ1v) is 6.56. The molecule has 1 heterocycles. The standard InChI is InChI=1S/C9H9NO2S2/c11-14(12,9-6-7-10-13-9)8-4-2-1-3-5-8/h1-5,7,9H,6H2. The highest BCUT2D eigenvalue weighted by molar-refractivity contribution is 8.13. The van der Waals surface area contributed by atoms with Crippen LogP contribution >= 0.6 is 11.9 Å². The van der Waals surface area contributed by atoms with Crippen LogP contribution in [-0.2, 0) is 9.84 Å². The summed E-state index contributed by atoms with van der Waals surface area (Å²) in [4.78, 5) is 0.378. The third kappa shape index (κ3) is 1.69. The van der Waals surface area contributed by atoms with Crippen LogP contribution in [0.1, 0.15) is 6.42 Å². The number of hydrogen-bond donors (Lipinski definition) is 0. The molecule has 0 aromatic heterocycles. The first kappa shape index (κ1) is 9.73. The average molecular weight is 227 g/mol. The van der Waals surface area contributed by atoms with Gasteiger partial charge in [-0.15, -0.1) is 0 Å². The number of rotatable bonds is 2. The van der Waals surface area contributed by atoms with Gasteiger partial charge in [0.05, 0.1) is 4.90 Å². The van der Waals surface area contributed by atoms with Gasteiger partial charge in [0.15, 0.2) is 9.84 Å². The summed E-state index contributed by atoms with van der Waals surface area (Å²) >= 11 is 1.13. The molecule has 0 spiro atoms. The van der Waals surface area contributed by atoms with Crippen molar-refractivity contribution in [3.63, 3.8) is 0 Å². The lowest BCUT2D eigenvalue weighted by Crippen LogP contribution is -2.15. The molecule has 0 saturated heterocycles. The zero-order valence-corrected chi connectivity index (χ0v) is 8.96. The molecule has 0 fully saturated rings. The second-order valence-electron chi connectivity index (χ2n) is 2.92. The molecular weight excluding hydrogens is 218 g/mol. The van der Waals surface area contributed by atoms with Crippen LogP contribution in [0.15, 0.2) is 39.6 Å². The predicted molar refractivity (Wildman–Crippen MR) is 58.1 cm³/mol. The number of sulfone groups is 1. The molecule has 0 amide bonds. The lowest BCUT2D eigenvalue weighted by molar-refractivity contribution is 0.594. The normalized spacial score (nSPS) is 21.3. The van der Waals surface area contributed by atoms with E-state index in [0.717, 1.165) is 11.9 Å². The Morgan fingerprint density at radius 3 is 2.57 bits per heavy atom. The molecule has 74 valence electrons. The van der Waals surface area contributed by atoms with Gasteiger partial charge in [-0.2, -0.15) is 0 Å². The number of nitrogens with zero attached hydrogens (tertiary/aromatic N) is 1. The Hall–Kier alpha value is -0.810. The van der Waals surface area contributed by atoms with E-state index >= 15 is 0 Å². The van der Waals surface area contributed by atoms with E-state index < -0.39 is 14.4 Å². The Kier molecular flexibility index (Phi) is 2.60. The highest BCUT2D eigenvalue weighted by Gasteiger charge is 2.29. The van der Waals surface area contributed by atoms with Crippen LogP contribution in [0.5, 0.6) is 0 Å². The van der Waals surface area contributed by atoms with Gasteiger partial charge in [0.1, 0.15) is 4.58 Å². The SMILES string of the molecule is O=S(=O)(c1ccccc1)C1CC=NS1. The predicted octanol–water partition coefficient (Wildman–Crippen LogP) is 1.91. The monoisotopic (exact) mass is 227 g/mol. The van der Waals surface area contributed by atoms with Crippen molar-refractivity contribution in [3.05, 3.63) is 30.3 Å². The first-order valence-electron chi connectivity index (χ1n) is 4.18. The van der Waals surface area contributed by atoms with Gasteiger partial charge in [0, 0.05) is 12.6 Å². The van der Waals surface area contributed by atoms with Gasteiger partial charge in [-0.1, -0.05) is 18.2 Å². The maximum absolute atomic E-state index is 11.9. The lowest BCUT2D eigenvalue weighted by atomic mass is 10.4. The molecular formula is C9H9NO2S2. The number of benzene rings is 1. The molecule has 14 heavy (non-hydrogen) atoms. The van der Waals surface area contributed by atoms with Crippen LogP contribution in [0.3, 0.4) is 0 Å². The second-order valence-corrected chi connectivity index (χ2v) is 6.34. The van der Waals surface area contributed by atoms with E-state index in [2.05, 4.69) is 4.40 Å². The first-order chi connectivity index (χ1) is 6.71. The van der Waals surface area contributed by atoms with Crippen LogP contribution < -0.4 is 0 Å². The zero-order valence-electron chi connectivity index (χ0n) is 7.33. The van der Waals surface area contributed by atoms with E-state index in [9.17, 15) is 8.42 Å². The molecule has 0 aliphatic carbocycles. The Bertz CT molecular complexity index is 431. The molecule has 3 nitrogen and oxygen atoms in total. The van der Waals surface area contributed by atoms with Crippen molar-refractivity contribution in [2.24, 2.45) is 4.40 Å². The molecule has 0 saturated carbocycles. The summed E-state index contributed by atoms with van der Waals surface area (Å²) in [5.41, 5.74) is 0. The third-order valence-corrected chi connectivity index (χ3v) is 5.50. The van der Waals surface area contributed by atoms with Gasteiger partial charge in [-0.05, 0) is 24.1 Å². The molecule has 1 aromatic carbocycles. The van der Waals surface area contributed by atoms with E-state index in [1.165, 1.54) is 0 Å². The van der Waals surface area contributed by atoms with Crippen molar-refractivity contribution in [2.45, 2.75) is 15.9 Å². The van der Waals surface area contributed by atoms with Gasteiger partial charge in [-0.3, -0.25) is 0 Å². The smallest absolute Gasteiger partial charge is 0.192 e. The summed E-state index contributed by atoms with van der Waals surface area (Å²) in [7, 11) is -3.20. The van der Waals surface area contributed by atoms with Crippen molar-refractivity contribution >= 4 is 28.0 Å². The highest BCUT2D eigenvalue weighted by Crippen LogP contribution is 2.30. The van der Waals surface area contributed by atoms with Crippen molar-refractivity contribution in [2.75, 3.05) is 0 Å². The fourth-order valence-corrected chi connectivity index (χ4v) is 3.82. The summed E-state index contributed by atoms with van der Waals surface area (Å²) in [5.74, 6) is 0. The quantitative estimate of drug-likeness (QED) is 0.725. The molecule has 1 unspecified atom stereocenters. The summed E-state index contributed by atoms with van der Waals surface area (Å²) in [6.45, 7) is 0. The lowest BCUT2D eigenvalue weighted by Gasteiger charge is -2.08.